The lowest BCUT2D eigenvalue weighted by Gasteiger charge is -2.28. The third-order valence-electron chi connectivity index (χ3n) is 9.13. The van der Waals surface area contributed by atoms with Gasteiger partial charge in [-0.2, -0.15) is 0 Å². The molecule has 0 radical (unpaired) electrons. The molecule has 2 aliphatic carbocycles. The van der Waals surface area contributed by atoms with Crippen LogP contribution < -0.4 is 16.4 Å². The average Bonchev–Trinajstić information content (AvgIpc) is 3.93. The molecule has 46 heavy (non-hydrogen) atoms. The molecule has 0 saturated heterocycles. The lowest BCUT2D eigenvalue weighted by Crippen LogP contribution is -2.35. The fourth-order valence-corrected chi connectivity index (χ4v) is 8.33. The third kappa shape index (κ3) is 5.68. The molecular weight excluding hydrogens is 610 g/mol. The number of rotatable bonds is 5. The number of nitrogen functional groups attached to an aromatic ring is 1. The molecule has 1 heterocycles. The maximum absolute atomic E-state index is 15.6. The van der Waals surface area contributed by atoms with Gasteiger partial charge in [-0.05, 0) is 96.7 Å². The van der Waals surface area contributed by atoms with Gasteiger partial charge in [0.1, 0.15) is 22.6 Å². The highest BCUT2D eigenvalue weighted by molar-refractivity contribution is 7.92. The van der Waals surface area contributed by atoms with Crippen LogP contribution in [0.1, 0.15) is 66.3 Å². The molecule has 2 saturated carbocycles. The lowest BCUT2D eigenvalue weighted by molar-refractivity contribution is -0.131. The molecule has 0 spiro atoms. The Morgan fingerprint density at radius 3 is 2.39 bits per heavy atom. The first-order valence-corrected chi connectivity index (χ1v) is 17.0. The second-order valence-corrected chi connectivity index (χ2v) is 14.8. The van der Waals surface area contributed by atoms with Crippen molar-refractivity contribution in [1.82, 2.24) is 4.90 Å². The fourth-order valence-electron chi connectivity index (χ4n) is 6.42. The van der Waals surface area contributed by atoms with E-state index >= 15 is 4.39 Å². The third-order valence-corrected chi connectivity index (χ3v) is 11.5. The van der Waals surface area contributed by atoms with Gasteiger partial charge in [-0.25, -0.2) is 17.2 Å². The number of sulfone groups is 1. The number of nitrogens with zero attached hydrogens (tertiary/aromatic N) is 1. The second kappa shape index (κ2) is 11.4. The number of anilines is 3. The number of nitrogens with two attached hydrogens (primary N) is 1. The smallest absolute Gasteiger partial charge is 0.249 e. The first-order chi connectivity index (χ1) is 22.0. The Morgan fingerprint density at radius 2 is 1.65 bits per heavy atom. The first kappa shape index (κ1) is 30.2. The van der Waals surface area contributed by atoms with Gasteiger partial charge in [0, 0.05) is 47.8 Å². The van der Waals surface area contributed by atoms with Crippen molar-refractivity contribution < 1.29 is 26.8 Å². The van der Waals surface area contributed by atoms with E-state index in [0.29, 0.717) is 52.9 Å². The van der Waals surface area contributed by atoms with Crippen molar-refractivity contribution in [2.75, 3.05) is 23.4 Å². The molecule has 2 fully saturated rings. The van der Waals surface area contributed by atoms with Crippen LogP contribution in [0.2, 0.25) is 0 Å². The Balaban J connectivity index is 1.33. The van der Waals surface area contributed by atoms with Gasteiger partial charge in [0.15, 0.2) is 9.84 Å². The Labute approximate surface area is 265 Å². The summed E-state index contributed by atoms with van der Waals surface area (Å²) in [6.07, 6.45) is 3.48. The number of aryl methyl sites for hydroxylation is 1. The molecule has 0 unspecified atom stereocenters. The molecule has 0 aromatic heterocycles. The number of amides is 2. The molecule has 7 rings (SSSR count). The summed E-state index contributed by atoms with van der Waals surface area (Å²) in [6, 6.07) is 15.2. The monoisotopic (exact) mass is 644 g/mol. The maximum Gasteiger partial charge on any atom is 0.249 e. The van der Waals surface area contributed by atoms with Crippen LogP contribution in [0.25, 0.3) is 10.8 Å². The van der Waals surface area contributed by atoms with Crippen LogP contribution in [-0.4, -0.2) is 37.4 Å². The summed E-state index contributed by atoms with van der Waals surface area (Å²) in [4.78, 5) is 28.3. The molecule has 1 atom stereocenters. The molecule has 4 aromatic rings. The van der Waals surface area contributed by atoms with Crippen molar-refractivity contribution in [3.8, 4) is 0 Å². The first-order valence-electron chi connectivity index (χ1n) is 15.5. The molecule has 2 amide bonds. The van der Waals surface area contributed by atoms with Gasteiger partial charge in [0.05, 0.1) is 5.25 Å². The number of hydrogen-bond donors (Lipinski definition) is 3. The molecule has 4 aromatic carbocycles. The van der Waals surface area contributed by atoms with Crippen molar-refractivity contribution in [2.45, 2.75) is 67.2 Å². The van der Waals surface area contributed by atoms with E-state index in [1.165, 1.54) is 30.1 Å². The van der Waals surface area contributed by atoms with Crippen LogP contribution in [0.4, 0.5) is 25.8 Å². The van der Waals surface area contributed by atoms with Gasteiger partial charge in [-0.1, -0.05) is 24.3 Å². The molecular formula is C35H34F2N4O4S. The predicted octanol–water partition coefficient (Wildman–Crippen LogP) is 6.21. The minimum Gasteiger partial charge on any atom is -0.398 e. The van der Waals surface area contributed by atoms with E-state index in [9.17, 15) is 22.4 Å². The van der Waals surface area contributed by atoms with Crippen LogP contribution >= 0.6 is 0 Å². The fraction of sp³-hybridized carbons (Fsp3) is 0.314. The summed E-state index contributed by atoms with van der Waals surface area (Å²) in [5, 5.41) is 6.18. The van der Waals surface area contributed by atoms with Gasteiger partial charge in [-0.3, -0.25) is 9.59 Å². The highest BCUT2D eigenvalue weighted by atomic mass is 32.2. The predicted molar refractivity (Wildman–Crippen MR) is 173 cm³/mol. The minimum absolute atomic E-state index is 0.0851. The SMILES string of the molecule is CN1Cc2cc(cc(F)c2S(=O)(=O)C2CC2)NC(=O)CCc2cc(ccc2C2CC2)[C@@H](Nc2ccc3c(N)ccc(F)c3c2)C1=O. The van der Waals surface area contributed by atoms with Gasteiger partial charge in [-0.15, -0.1) is 0 Å². The van der Waals surface area contributed by atoms with Gasteiger partial charge in [0.25, 0.3) is 0 Å². The van der Waals surface area contributed by atoms with Crippen molar-refractivity contribution in [2.24, 2.45) is 0 Å². The zero-order valence-corrected chi connectivity index (χ0v) is 26.1. The average molecular weight is 645 g/mol. The summed E-state index contributed by atoms with van der Waals surface area (Å²) in [5.41, 5.74) is 9.90. The number of carbonyl (C=O) groups excluding carboxylic acids is 2. The maximum atomic E-state index is 15.6. The number of hydrogen-bond acceptors (Lipinski definition) is 6. The highest BCUT2D eigenvalue weighted by Crippen LogP contribution is 2.43. The van der Waals surface area contributed by atoms with E-state index in [0.717, 1.165) is 30.0 Å². The number of fused-ring (bicyclic) bond motifs is 5. The Bertz CT molecular complexity index is 2030. The summed E-state index contributed by atoms with van der Waals surface area (Å²) in [5.74, 6) is -1.75. The number of nitrogens with one attached hydrogen (secondary N) is 2. The molecule has 238 valence electrons. The van der Waals surface area contributed by atoms with Crippen LogP contribution in [0.3, 0.4) is 0 Å². The highest BCUT2D eigenvalue weighted by Gasteiger charge is 2.40. The molecule has 11 heteroatoms. The van der Waals surface area contributed by atoms with E-state index in [1.54, 1.807) is 18.2 Å². The largest absolute Gasteiger partial charge is 0.398 e. The normalized spacial score (nSPS) is 19.1. The number of benzene rings is 4. The van der Waals surface area contributed by atoms with Crippen molar-refractivity contribution in [1.29, 1.82) is 0 Å². The minimum atomic E-state index is -3.98. The topological polar surface area (TPSA) is 122 Å². The second-order valence-electron chi connectivity index (χ2n) is 12.6. The lowest BCUT2D eigenvalue weighted by atomic mass is 9.93. The molecule has 4 N–H and O–H groups in total. The summed E-state index contributed by atoms with van der Waals surface area (Å²) in [6.45, 7) is -0.227. The molecule has 8 nitrogen and oxygen atoms in total. The van der Waals surface area contributed by atoms with Crippen molar-refractivity contribution in [3.63, 3.8) is 0 Å². The van der Waals surface area contributed by atoms with E-state index < -0.39 is 43.6 Å². The molecule has 4 bridgehead atoms. The Morgan fingerprint density at radius 1 is 0.870 bits per heavy atom. The number of carbonyl (C=O) groups is 2. The Kier molecular flexibility index (Phi) is 7.46. The summed E-state index contributed by atoms with van der Waals surface area (Å²) in [7, 11) is -2.46. The van der Waals surface area contributed by atoms with E-state index in [1.807, 2.05) is 18.2 Å². The zero-order valence-electron chi connectivity index (χ0n) is 25.3. The summed E-state index contributed by atoms with van der Waals surface area (Å²) < 4.78 is 57.1. The number of halogens is 2. The zero-order chi connectivity index (χ0) is 32.3. The van der Waals surface area contributed by atoms with Gasteiger partial charge >= 0.3 is 0 Å². The quantitative estimate of drug-likeness (QED) is 0.222. The van der Waals surface area contributed by atoms with Crippen LogP contribution in [0.5, 0.6) is 0 Å². The van der Waals surface area contributed by atoms with E-state index in [2.05, 4.69) is 10.6 Å². The standard InChI is InChI=1S/C35H34F2N4O4S/c1-41-18-22-15-24(17-30(37)34(22)46(44,45)25-7-8-25)39-32(42)13-5-20-14-21(4-9-26(20)19-2-3-19)33(35(41)43)40-23-6-10-27-28(16-23)29(36)11-12-31(27)38/h4,6,9-12,14-17,19,25,33,40H,2-3,5,7-8,13,18,38H2,1H3,(H,39,42)/t33-/m1/s1. The molecule has 3 aliphatic rings. The van der Waals surface area contributed by atoms with E-state index in [4.69, 9.17) is 5.73 Å². The van der Waals surface area contributed by atoms with Gasteiger partial charge in [0.2, 0.25) is 11.8 Å². The Hall–Kier alpha value is -4.51. The number of likely N-dealkylation sites (N-methyl/N-ethyl adjacent to an activating group) is 1. The van der Waals surface area contributed by atoms with E-state index in [-0.39, 0.29) is 30.1 Å². The van der Waals surface area contributed by atoms with Crippen molar-refractivity contribution in [3.05, 3.63) is 94.6 Å². The van der Waals surface area contributed by atoms with Crippen LogP contribution in [-0.2, 0) is 32.4 Å². The van der Waals surface area contributed by atoms with Gasteiger partial charge < -0.3 is 21.3 Å². The summed E-state index contributed by atoms with van der Waals surface area (Å²) >= 11 is 0. The molecule has 1 aliphatic heterocycles. The van der Waals surface area contributed by atoms with Crippen molar-refractivity contribution >= 4 is 49.5 Å². The van der Waals surface area contributed by atoms with Crippen LogP contribution in [0.15, 0.2) is 65.6 Å². The van der Waals surface area contributed by atoms with Crippen LogP contribution in [0, 0.1) is 11.6 Å².